The molecule has 1 aromatic carbocycles. The summed E-state index contributed by atoms with van der Waals surface area (Å²) >= 11 is 0. The summed E-state index contributed by atoms with van der Waals surface area (Å²) in [5.41, 5.74) is 3.51. The van der Waals surface area contributed by atoms with E-state index in [0.717, 1.165) is 36.5 Å². The van der Waals surface area contributed by atoms with Crippen molar-refractivity contribution >= 4 is 11.7 Å². The number of carbonyl (C=O) groups is 1. The van der Waals surface area contributed by atoms with Crippen molar-refractivity contribution in [1.29, 1.82) is 0 Å². The monoisotopic (exact) mass is 387 g/mol. The van der Waals surface area contributed by atoms with Crippen LogP contribution in [0.1, 0.15) is 40.5 Å². The lowest BCUT2D eigenvalue weighted by molar-refractivity contribution is 0.0705. The highest BCUT2D eigenvalue weighted by Crippen LogP contribution is 2.28. The van der Waals surface area contributed by atoms with Crippen molar-refractivity contribution in [3.8, 4) is 5.69 Å². The van der Waals surface area contributed by atoms with Gasteiger partial charge in [-0.15, -0.1) is 0 Å². The second kappa shape index (κ2) is 7.12. The molecule has 0 N–H and O–H groups in total. The average molecular weight is 387 g/mol. The number of rotatable bonds is 3. The zero-order valence-corrected chi connectivity index (χ0v) is 16.1. The number of hydrogen-bond acceptors (Lipinski definition) is 5. The molecule has 1 saturated heterocycles. The van der Waals surface area contributed by atoms with Crippen molar-refractivity contribution in [1.82, 2.24) is 34.3 Å². The number of aromatic nitrogens is 6. The summed E-state index contributed by atoms with van der Waals surface area (Å²) in [6.45, 7) is 3.35. The summed E-state index contributed by atoms with van der Waals surface area (Å²) in [4.78, 5) is 23.7. The fourth-order valence-corrected chi connectivity index (χ4v) is 3.99. The molecular formula is C21H21N7O. The lowest BCUT2D eigenvalue weighted by Crippen LogP contribution is -2.39. The third-order valence-corrected chi connectivity index (χ3v) is 5.38. The molecule has 146 valence electrons. The van der Waals surface area contributed by atoms with Crippen molar-refractivity contribution in [2.45, 2.75) is 25.7 Å². The molecular weight excluding hydrogens is 366 g/mol. The molecule has 8 heteroatoms. The Morgan fingerprint density at radius 1 is 1.17 bits per heavy atom. The van der Waals surface area contributed by atoms with Crippen LogP contribution in [0.25, 0.3) is 11.5 Å². The van der Waals surface area contributed by atoms with Gasteiger partial charge in [0.2, 0.25) is 0 Å². The molecule has 1 fully saturated rings. The highest BCUT2D eigenvalue weighted by molar-refractivity contribution is 5.94. The average Bonchev–Trinajstić information content (AvgIpc) is 3.43. The van der Waals surface area contributed by atoms with Gasteiger partial charge in [0, 0.05) is 30.9 Å². The number of hydrogen-bond donors (Lipinski definition) is 0. The first-order valence-corrected chi connectivity index (χ1v) is 9.76. The van der Waals surface area contributed by atoms with E-state index in [4.69, 9.17) is 0 Å². The topological polar surface area (TPSA) is 81.2 Å². The van der Waals surface area contributed by atoms with E-state index in [1.807, 2.05) is 48.2 Å². The van der Waals surface area contributed by atoms with Gasteiger partial charge in [-0.05, 0) is 38.0 Å². The summed E-state index contributed by atoms with van der Waals surface area (Å²) in [7, 11) is 0. The van der Waals surface area contributed by atoms with Crippen LogP contribution in [0.3, 0.4) is 0 Å². The zero-order valence-electron chi connectivity index (χ0n) is 16.1. The molecule has 1 atom stereocenters. The number of likely N-dealkylation sites (tertiary alicyclic amines) is 1. The predicted octanol–water partition coefficient (Wildman–Crippen LogP) is 2.64. The third kappa shape index (κ3) is 3.26. The second-order valence-electron chi connectivity index (χ2n) is 7.39. The third-order valence-electron chi connectivity index (χ3n) is 5.38. The second-order valence-corrected chi connectivity index (χ2v) is 7.39. The molecule has 0 saturated carbocycles. The van der Waals surface area contributed by atoms with Gasteiger partial charge in [0.1, 0.15) is 6.33 Å². The summed E-state index contributed by atoms with van der Waals surface area (Å²) in [6.07, 6.45) is 6.92. The molecule has 1 aliphatic heterocycles. The van der Waals surface area contributed by atoms with Crippen LogP contribution in [0.2, 0.25) is 0 Å². The van der Waals surface area contributed by atoms with Gasteiger partial charge >= 0.3 is 0 Å². The summed E-state index contributed by atoms with van der Waals surface area (Å²) in [5, 5.41) is 8.69. The van der Waals surface area contributed by atoms with Crippen LogP contribution in [0.15, 0.2) is 55.1 Å². The number of piperidine rings is 1. The van der Waals surface area contributed by atoms with Gasteiger partial charge in [0.15, 0.2) is 0 Å². The van der Waals surface area contributed by atoms with Crippen molar-refractivity contribution in [3.63, 3.8) is 0 Å². The van der Waals surface area contributed by atoms with Gasteiger partial charge in [-0.2, -0.15) is 15.2 Å². The minimum atomic E-state index is 0.0116. The maximum absolute atomic E-state index is 13.1. The fourth-order valence-electron chi connectivity index (χ4n) is 3.99. The van der Waals surface area contributed by atoms with E-state index in [-0.39, 0.29) is 11.8 Å². The molecule has 1 amide bonds. The van der Waals surface area contributed by atoms with Crippen molar-refractivity contribution in [3.05, 3.63) is 72.1 Å². The first kappa shape index (κ1) is 17.5. The molecule has 3 aromatic heterocycles. The first-order valence-electron chi connectivity index (χ1n) is 9.76. The predicted molar refractivity (Wildman–Crippen MR) is 107 cm³/mol. The minimum Gasteiger partial charge on any atom is -0.338 e. The van der Waals surface area contributed by atoms with E-state index in [9.17, 15) is 4.79 Å². The van der Waals surface area contributed by atoms with E-state index in [1.165, 1.54) is 6.33 Å². The van der Waals surface area contributed by atoms with Crippen LogP contribution in [-0.4, -0.2) is 53.3 Å². The van der Waals surface area contributed by atoms with Crippen LogP contribution in [0, 0.1) is 6.92 Å². The lowest BCUT2D eigenvalue weighted by Gasteiger charge is -2.32. The summed E-state index contributed by atoms with van der Waals surface area (Å²) < 4.78 is 3.53. The van der Waals surface area contributed by atoms with E-state index in [1.54, 1.807) is 21.6 Å². The molecule has 0 radical (unpaired) electrons. The highest BCUT2D eigenvalue weighted by atomic mass is 16.2. The van der Waals surface area contributed by atoms with Gasteiger partial charge in [0.05, 0.1) is 23.1 Å². The number of fused-ring (bicyclic) bond motifs is 1. The summed E-state index contributed by atoms with van der Waals surface area (Å²) in [6, 6.07) is 11.8. The molecule has 4 aromatic rings. The zero-order chi connectivity index (χ0) is 19.8. The quantitative estimate of drug-likeness (QED) is 0.540. The Morgan fingerprint density at radius 2 is 2.03 bits per heavy atom. The maximum Gasteiger partial charge on any atom is 0.257 e. The Kier molecular flexibility index (Phi) is 4.31. The standard InChI is InChI=1S/C21H21N7O/c1-15-10-19(28-21(25-15)22-14-24-28)16-6-5-9-26(12-16)20(29)17-11-23-27(13-17)18-7-3-2-4-8-18/h2-4,7-8,10-11,13-14,16H,5-6,9,12H2,1H3. The van der Waals surface area contributed by atoms with Crippen LogP contribution in [0.4, 0.5) is 0 Å². The van der Waals surface area contributed by atoms with Crippen molar-refractivity contribution in [2.75, 3.05) is 13.1 Å². The largest absolute Gasteiger partial charge is 0.338 e. The van der Waals surface area contributed by atoms with Gasteiger partial charge in [-0.1, -0.05) is 18.2 Å². The number of benzene rings is 1. The number of para-hydroxylation sites is 1. The fraction of sp³-hybridized carbons (Fsp3) is 0.286. The normalized spacial score (nSPS) is 17.0. The molecule has 0 bridgehead atoms. The molecule has 8 nitrogen and oxygen atoms in total. The Bertz CT molecular complexity index is 1160. The number of amides is 1. The Balaban J connectivity index is 1.39. The molecule has 1 unspecified atom stereocenters. The van der Waals surface area contributed by atoms with Crippen LogP contribution in [-0.2, 0) is 0 Å². The van der Waals surface area contributed by atoms with E-state index < -0.39 is 0 Å². The molecule has 29 heavy (non-hydrogen) atoms. The highest BCUT2D eigenvalue weighted by Gasteiger charge is 2.28. The molecule has 1 aliphatic rings. The smallest absolute Gasteiger partial charge is 0.257 e. The number of aryl methyl sites for hydroxylation is 1. The summed E-state index contributed by atoms with van der Waals surface area (Å²) in [5.74, 6) is 0.813. The number of nitrogens with zero attached hydrogens (tertiary/aromatic N) is 7. The van der Waals surface area contributed by atoms with E-state index >= 15 is 0 Å². The van der Waals surface area contributed by atoms with Gasteiger partial charge in [-0.25, -0.2) is 14.2 Å². The van der Waals surface area contributed by atoms with E-state index in [2.05, 4.69) is 20.2 Å². The van der Waals surface area contributed by atoms with Crippen LogP contribution in [0.5, 0.6) is 0 Å². The minimum absolute atomic E-state index is 0.0116. The number of carbonyl (C=O) groups excluding carboxylic acids is 1. The molecule has 4 heterocycles. The van der Waals surface area contributed by atoms with Crippen molar-refractivity contribution in [2.24, 2.45) is 0 Å². The maximum atomic E-state index is 13.1. The lowest BCUT2D eigenvalue weighted by atomic mass is 9.93. The van der Waals surface area contributed by atoms with Crippen molar-refractivity contribution < 1.29 is 4.79 Å². The van der Waals surface area contributed by atoms with Gasteiger partial charge in [-0.3, -0.25) is 4.79 Å². The molecule has 0 aliphatic carbocycles. The van der Waals surface area contributed by atoms with Gasteiger partial charge < -0.3 is 4.90 Å². The Morgan fingerprint density at radius 3 is 2.90 bits per heavy atom. The first-order chi connectivity index (χ1) is 14.2. The van der Waals surface area contributed by atoms with Gasteiger partial charge in [0.25, 0.3) is 11.7 Å². The molecule has 0 spiro atoms. The van der Waals surface area contributed by atoms with E-state index in [0.29, 0.717) is 17.9 Å². The van der Waals surface area contributed by atoms with Crippen LogP contribution < -0.4 is 0 Å². The Labute approximate surface area is 167 Å². The molecule has 5 rings (SSSR count). The Hall–Kier alpha value is -3.55. The van der Waals surface area contributed by atoms with Crippen LogP contribution >= 0.6 is 0 Å². The SMILES string of the molecule is Cc1cc(C2CCCN(C(=O)c3cnn(-c4ccccc4)c3)C2)n2ncnc2n1.